The number of nitrogens with zero attached hydrogens (tertiary/aromatic N) is 3. The molecule has 0 spiro atoms. The topological polar surface area (TPSA) is 42.7 Å². The van der Waals surface area contributed by atoms with Crippen LogP contribution in [0.1, 0.15) is 38.3 Å². The summed E-state index contributed by atoms with van der Waals surface area (Å²) in [7, 11) is 0. The van der Waals surface area contributed by atoms with Crippen LogP contribution in [0.2, 0.25) is 0 Å². The van der Waals surface area contributed by atoms with Crippen molar-refractivity contribution in [3.8, 4) is 0 Å². The van der Waals surface area contributed by atoms with Crippen LogP contribution in [-0.2, 0) is 6.54 Å². The molecule has 0 saturated carbocycles. The smallest absolute Gasteiger partial charge is 0.203 e. The Bertz CT molecular complexity index is 464. The van der Waals surface area contributed by atoms with Gasteiger partial charge in [-0.25, -0.2) is 4.98 Å². The normalized spacial score (nSPS) is 12.3. The number of imidazole rings is 1. The molecule has 0 fully saturated rings. The zero-order chi connectivity index (χ0) is 12.8. The molecule has 2 aromatic rings. The molecule has 1 atom stereocenters. The van der Waals surface area contributed by atoms with Gasteiger partial charge in [0.2, 0.25) is 5.95 Å². The van der Waals surface area contributed by atoms with Crippen LogP contribution in [-0.4, -0.2) is 14.5 Å². The molecule has 1 N–H and O–H groups in total. The molecule has 0 aliphatic rings. The van der Waals surface area contributed by atoms with E-state index in [9.17, 15) is 0 Å². The average molecular weight is 244 g/mol. The molecule has 0 aliphatic carbocycles. The van der Waals surface area contributed by atoms with E-state index in [0.717, 1.165) is 12.5 Å². The first-order chi connectivity index (χ1) is 8.81. The highest BCUT2D eigenvalue weighted by Gasteiger charge is 2.08. The predicted octanol–water partition coefficient (Wildman–Crippen LogP) is 3.25. The molecule has 2 rings (SSSR count). The van der Waals surface area contributed by atoms with E-state index in [2.05, 4.69) is 33.7 Å². The van der Waals surface area contributed by atoms with Gasteiger partial charge in [0.05, 0.1) is 6.04 Å². The second-order valence-corrected chi connectivity index (χ2v) is 4.44. The van der Waals surface area contributed by atoms with Crippen molar-refractivity contribution in [3.63, 3.8) is 0 Å². The van der Waals surface area contributed by atoms with Gasteiger partial charge in [0.15, 0.2) is 0 Å². The molecule has 4 nitrogen and oxygen atoms in total. The highest BCUT2D eigenvalue weighted by Crippen LogP contribution is 2.17. The molecule has 2 aromatic heterocycles. The first-order valence-corrected chi connectivity index (χ1v) is 6.49. The van der Waals surface area contributed by atoms with E-state index < -0.39 is 0 Å². The minimum Gasteiger partial charge on any atom is -0.349 e. The number of nitrogens with one attached hydrogen (secondary N) is 1. The fourth-order valence-electron chi connectivity index (χ4n) is 1.89. The van der Waals surface area contributed by atoms with Crippen LogP contribution in [0, 0.1) is 0 Å². The van der Waals surface area contributed by atoms with Gasteiger partial charge in [-0.2, -0.15) is 0 Å². The molecule has 96 valence electrons. The molecule has 0 aromatic carbocycles. The molecular formula is C14H20N4. The monoisotopic (exact) mass is 244 g/mol. The number of hydrogen-bond donors (Lipinski definition) is 1. The summed E-state index contributed by atoms with van der Waals surface area (Å²) in [4.78, 5) is 8.41. The number of rotatable bonds is 6. The molecule has 0 saturated heterocycles. The van der Waals surface area contributed by atoms with Crippen molar-refractivity contribution in [2.24, 2.45) is 0 Å². The van der Waals surface area contributed by atoms with E-state index in [1.54, 1.807) is 0 Å². The second kappa shape index (κ2) is 6.19. The molecule has 0 amide bonds. The number of hydrogen-bond acceptors (Lipinski definition) is 3. The Kier molecular flexibility index (Phi) is 4.34. The van der Waals surface area contributed by atoms with Crippen molar-refractivity contribution in [1.29, 1.82) is 0 Å². The number of aryl methyl sites for hydroxylation is 1. The summed E-state index contributed by atoms with van der Waals surface area (Å²) >= 11 is 0. The lowest BCUT2D eigenvalue weighted by atomic mass is 10.1. The van der Waals surface area contributed by atoms with Crippen molar-refractivity contribution < 1.29 is 0 Å². The lowest BCUT2D eigenvalue weighted by molar-refractivity contribution is 0.631. The fourth-order valence-corrected chi connectivity index (χ4v) is 1.89. The van der Waals surface area contributed by atoms with Crippen LogP contribution >= 0.6 is 0 Å². The quantitative estimate of drug-likeness (QED) is 0.848. The predicted molar refractivity (Wildman–Crippen MR) is 73.4 cm³/mol. The second-order valence-electron chi connectivity index (χ2n) is 4.44. The maximum Gasteiger partial charge on any atom is 0.203 e. The van der Waals surface area contributed by atoms with Gasteiger partial charge in [0.25, 0.3) is 0 Å². The Morgan fingerprint density at radius 1 is 1.28 bits per heavy atom. The zero-order valence-electron chi connectivity index (χ0n) is 11.0. The third kappa shape index (κ3) is 3.09. The highest BCUT2D eigenvalue weighted by molar-refractivity contribution is 5.31. The summed E-state index contributed by atoms with van der Waals surface area (Å²) in [6, 6.07) is 4.28. The summed E-state index contributed by atoms with van der Waals surface area (Å²) in [5.41, 5.74) is 1.22. The van der Waals surface area contributed by atoms with Crippen molar-refractivity contribution in [2.75, 3.05) is 5.32 Å². The summed E-state index contributed by atoms with van der Waals surface area (Å²) in [6.45, 7) is 5.35. The first-order valence-electron chi connectivity index (χ1n) is 6.49. The van der Waals surface area contributed by atoms with Gasteiger partial charge in [-0.3, -0.25) is 4.98 Å². The molecule has 0 aliphatic heterocycles. The van der Waals surface area contributed by atoms with E-state index in [1.165, 1.54) is 18.4 Å². The van der Waals surface area contributed by atoms with Crippen LogP contribution in [0.3, 0.4) is 0 Å². The van der Waals surface area contributed by atoms with Gasteiger partial charge in [-0.15, -0.1) is 0 Å². The molecule has 4 heteroatoms. The summed E-state index contributed by atoms with van der Waals surface area (Å²) in [5.74, 6) is 0.938. The Labute approximate surface area is 108 Å². The minimum atomic E-state index is 0.232. The molecular weight excluding hydrogens is 224 g/mol. The average Bonchev–Trinajstić information content (AvgIpc) is 2.84. The van der Waals surface area contributed by atoms with Crippen LogP contribution < -0.4 is 5.32 Å². The Morgan fingerprint density at radius 2 is 2.06 bits per heavy atom. The van der Waals surface area contributed by atoms with Crippen LogP contribution in [0.15, 0.2) is 36.9 Å². The Hall–Kier alpha value is -1.84. The molecule has 0 bridgehead atoms. The van der Waals surface area contributed by atoms with Crippen LogP contribution in [0.5, 0.6) is 0 Å². The minimum absolute atomic E-state index is 0.232. The fraction of sp³-hybridized carbons (Fsp3) is 0.429. The standard InChI is InChI=1S/C14H20N4/c1-3-4-10-18-11-9-16-14(18)17-12(2)13-5-7-15-8-6-13/h5-9,11-12H,3-4,10H2,1-2H3,(H,16,17). The van der Waals surface area contributed by atoms with Crippen LogP contribution in [0.4, 0.5) is 5.95 Å². The molecule has 1 unspecified atom stereocenters. The number of pyridine rings is 1. The third-order valence-electron chi connectivity index (χ3n) is 3.02. The SMILES string of the molecule is CCCCn1ccnc1NC(C)c1ccncc1. The lowest BCUT2D eigenvalue weighted by Gasteiger charge is -2.16. The van der Waals surface area contributed by atoms with Crippen molar-refractivity contribution in [3.05, 3.63) is 42.5 Å². The van der Waals surface area contributed by atoms with Gasteiger partial charge in [-0.05, 0) is 31.0 Å². The van der Waals surface area contributed by atoms with Crippen LogP contribution in [0.25, 0.3) is 0 Å². The molecule has 2 heterocycles. The first kappa shape index (κ1) is 12.6. The largest absolute Gasteiger partial charge is 0.349 e. The van der Waals surface area contributed by atoms with Crippen molar-refractivity contribution in [1.82, 2.24) is 14.5 Å². The summed E-state index contributed by atoms with van der Waals surface area (Å²) < 4.78 is 2.17. The van der Waals surface area contributed by atoms with Crippen molar-refractivity contribution >= 4 is 5.95 Å². The number of unbranched alkanes of at least 4 members (excludes halogenated alkanes) is 1. The van der Waals surface area contributed by atoms with E-state index >= 15 is 0 Å². The zero-order valence-corrected chi connectivity index (χ0v) is 11.0. The Morgan fingerprint density at radius 3 is 2.78 bits per heavy atom. The van der Waals surface area contributed by atoms with E-state index in [0.29, 0.717) is 0 Å². The lowest BCUT2D eigenvalue weighted by Crippen LogP contribution is -2.11. The third-order valence-corrected chi connectivity index (χ3v) is 3.02. The molecule has 0 radical (unpaired) electrons. The maximum atomic E-state index is 4.37. The highest BCUT2D eigenvalue weighted by atomic mass is 15.2. The van der Waals surface area contributed by atoms with E-state index in [4.69, 9.17) is 0 Å². The van der Waals surface area contributed by atoms with Gasteiger partial charge < -0.3 is 9.88 Å². The van der Waals surface area contributed by atoms with E-state index in [1.807, 2.05) is 36.9 Å². The van der Waals surface area contributed by atoms with Gasteiger partial charge >= 0.3 is 0 Å². The van der Waals surface area contributed by atoms with Gasteiger partial charge in [0.1, 0.15) is 0 Å². The van der Waals surface area contributed by atoms with Crippen molar-refractivity contribution in [2.45, 2.75) is 39.3 Å². The van der Waals surface area contributed by atoms with E-state index in [-0.39, 0.29) is 6.04 Å². The summed E-state index contributed by atoms with van der Waals surface area (Å²) in [6.07, 6.45) is 9.87. The summed E-state index contributed by atoms with van der Waals surface area (Å²) in [5, 5.41) is 3.44. The maximum absolute atomic E-state index is 4.37. The number of aromatic nitrogens is 3. The number of anilines is 1. The Balaban J connectivity index is 2.03. The molecule has 18 heavy (non-hydrogen) atoms. The van der Waals surface area contributed by atoms with Gasteiger partial charge in [-0.1, -0.05) is 13.3 Å². The van der Waals surface area contributed by atoms with Gasteiger partial charge in [0, 0.05) is 31.3 Å².